The first-order chi connectivity index (χ1) is 11.6. The van der Waals surface area contributed by atoms with Crippen LogP contribution in [0.15, 0.2) is 16.6 Å². The van der Waals surface area contributed by atoms with E-state index in [1.54, 1.807) is 48.5 Å². The van der Waals surface area contributed by atoms with Crippen LogP contribution in [0.1, 0.15) is 57.5 Å². The molecule has 1 N–H and O–H groups in total. The van der Waals surface area contributed by atoms with Gasteiger partial charge in [-0.05, 0) is 82.1 Å². The van der Waals surface area contributed by atoms with Crippen molar-refractivity contribution >= 4 is 39.8 Å². The number of carbonyl (C=O) groups excluding carboxylic acids is 2. The highest BCUT2D eigenvalue weighted by molar-refractivity contribution is 9.10. The standard InChI is InChI=1S/C18H24BrNO6/c1-10-12(9-8-11(13(10)19)14(21)22)20(15(23)25-17(2,3)4)16(24)26-18(5,6)7/h8-9H,1-7H3,(H,21,22). The maximum Gasteiger partial charge on any atom is 0.424 e. The zero-order valence-corrected chi connectivity index (χ0v) is 17.6. The number of carbonyl (C=O) groups is 3. The number of benzene rings is 1. The zero-order chi connectivity index (χ0) is 20.4. The van der Waals surface area contributed by atoms with Gasteiger partial charge in [0.15, 0.2) is 0 Å². The highest BCUT2D eigenvalue weighted by Crippen LogP contribution is 2.32. The molecule has 0 atom stereocenters. The van der Waals surface area contributed by atoms with E-state index in [2.05, 4.69) is 15.9 Å². The van der Waals surface area contributed by atoms with E-state index in [1.165, 1.54) is 12.1 Å². The molecule has 0 saturated carbocycles. The Balaban J connectivity index is 3.46. The molecule has 1 aromatic carbocycles. The van der Waals surface area contributed by atoms with Crippen molar-refractivity contribution in [1.29, 1.82) is 0 Å². The molecule has 7 nitrogen and oxygen atoms in total. The Kier molecular flexibility index (Phi) is 6.46. The number of carboxylic acids is 1. The molecule has 0 aromatic heterocycles. The Morgan fingerprint density at radius 2 is 1.38 bits per heavy atom. The average Bonchev–Trinajstić information content (AvgIpc) is 2.39. The van der Waals surface area contributed by atoms with E-state index in [0.29, 0.717) is 5.56 Å². The first-order valence-electron chi connectivity index (χ1n) is 7.92. The van der Waals surface area contributed by atoms with Crippen LogP contribution in [0.25, 0.3) is 0 Å². The van der Waals surface area contributed by atoms with Gasteiger partial charge < -0.3 is 14.6 Å². The maximum atomic E-state index is 12.6. The van der Waals surface area contributed by atoms with Crippen molar-refractivity contribution in [3.8, 4) is 0 Å². The summed E-state index contributed by atoms with van der Waals surface area (Å²) in [6, 6.07) is 2.67. The second kappa shape index (κ2) is 7.65. The van der Waals surface area contributed by atoms with Gasteiger partial charge in [0.05, 0.1) is 11.3 Å². The molecule has 0 saturated heterocycles. The summed E-state index contributed by atoms with van der Waals surface area (Å²) in [5, 5.41) is 9.22. The number of nitrogens with zero attached hydrogens (tertiary/aromatic N) is 1. The van der Waals surface area contributed by atoms with E-state index in [0.717, 1.165) is 4.90 Å². The summed E-state index contributed by atoms with van der Waals surface area (Å²) in [4.78, 5) is 37.3. The maximum absolute atomic E-state index is 12.6. The first kappa shape index (κ1) is 22.0. The van der Waals surface area contributed by atoms with Gasteiger partial charge in [-0.3, -0.25) is 0 Å². The molecule has 1 aromatic rings. The Hall–Kier alpha value is -2.09. The van der Waals surface area contributed by atoms with Crippen molar-refractivity contribution in [3.05, 3.63) is 27.7 Å². The number of ether oxygens (including phenoxy) is 2. The third-order valence-electron chi connectivity index (χ3n) is 2.98. The predicted molar refractivity (Wildman–Crippen MR) is 101 cm³/mol. The van der Waals surface area contributed by atoms with Crippen LogP contribution in [-0.2, 0) is 9.47 Å². The Bertz CT molecular complexity index is 702. The molecule has 2 amide bonds. The van der Waals surface area contributed by atoms with Gasteiger partial charge in [-0.15, -0.1) is 0 Å². The minimum Gasteiger partial charge on any atom is -0.478 e. The predicted octanol–water partition coefficient (Wildman–Crippen LogP) is 5.13. The fourth-order valence-corrected chi connectivity index (χ4v) is 2.47. The smallest absolute Gasteiger partial charge is 0.424 e. The molecule has 8 heteroatoms. The molecule has 1 rings (SSSR count). The summed E-state index contributed by atoms with van der Waals surface area (Å²) in [7, 11) is 0. The van der Waals surface area contributed by atoms with E-state index < -0.39 is 29.4 Å². The number of rotatable bonds is 2. The summed E-state index contributed by atoms with van der Waals surface area (Å²) in [6.07, 6.45) is -1.82. The van der Waals surface area contributed by atoms with E-state index in [9.17, 15) is 19.5 Å². The van der Waals surface area contributed by atoms with Gasteiger partial charge in [0.2, 0.25) is 0 Å². The fourth-order valence-electron chi connectivity index (χ4n) is 1.97. The number of halogens is 1. The zero-order valence-electron chi connectivity index (χ0n) is 16.0. The van der Waals surface area contributed by atoms with Crippen molar-refractivity contribution in [3.63, 3.8) is 0 Å². The van der Waals surface area contributed by atoms with Crippen LogP contribution in [0.2, 0.25) is 0 Å². The number of imide groups is 1. The van der Waals surface area contributed by atoms with Crippen LogP contribution in [0, 0.1) is 6.92 Å². The number of hydrogen-bond acceptors (Lipinski definition) is 5. The minimum atomic E-state index is -1.13. The third-order valence-corrected chi connectivity index (χ3v) is 4.00. The van der Waals surface area contributed by atoms with Gasteiger partial charge in [0.1, 0.15) is 11.2 Å². The van der Waals surface area contributed by atoms with Crippen molar-refractivity contribution < 1.29 is 29.0 Å². The molecule has 144 valence electrons. The van der Waals surface area contributed by atoms with E-state index >= 15 is 0 Å². The summed E-state index contributed by atoms with van der Waals surface area (Å²) in [6.45, 7) is 11.6. The van der Waals surface area contributed by atoms with Crippen LogP contribution in [0.5, 0.6) is 0 Å². The molecule has 0 radical (unpaired) electrons. The second-order valence-electron chi connectivity index (χ2n) is 7.67. The molecule has 0 bridgehead atoms. The lowest BCUT2D eigenvalue weighted by atomic mass is 10.1. The van der Waals surface area contributed by atoms with Crippen molar-refractivity contribution in [1.82, 2.24) is 0 Å². The molecule has 0 aliphatic rings. The van der Waals surface area contributed by atoms with E-state index in [4.69, 9.17) is 9.47 Å². The van der Waals surface area contributed by atoms with Crippen molar-refractivity contribution in [2.45, 2.75) is 59.7 Å². The highest BCUT2D eigenvalue weighted by Gasteiger charge is 2.34. The average molecular weight is 430 g/mol. The van der Waals surface area contributed by atoms with Gasteiger partial charge in [-0.2, -0.15) is 4.90 Å². The Morgan fingerprint density at radius 3 is 1.73 bits per heavy atom. The topological polar surface area (TPSA) is 93.1 Å². The normalized spacial score (nSPS) is 11.7. The van der Waals surface area contributed by atoms with Crippen LogP contribution >= 0.6 is 15.9 Å². The molecular weight excluding hydrogens is 406 g/mol. The molecule has 26 heavy (non-hydrogen) atoms. The van der Waals surface area contributed by atoms with Crippen LogP contribution in [0.3, 0.4) is 0 Å². The molecule has 0 heterocycles. The van der Waals surface area contributed by atoms with Gasteiger partial charge in [-0.1, -0.05) is 0 Å². The van der Waals surface area contributed by atoms with E-state index in [1.807, 2.05) is 0 Å². The van der Waals surface area contributed by atoms with Gasteiger partial charge in [-0.25, -0.2) is 14.4 Å². The third kappa shape index (κ3) is 5.72. The molecule has 0 aliphatic heterocycles. The lowest BCUT2D eigenvalue weighted by molar-refractivity contribution is 0.0430. The molecule has 0 spiro atoms. The number of anilines is 1. The molecule has 0 unspecified atom stereocenters. The largest absolute Gasteiger partial charge is 0.478 e. The second-order valence-corrected chi connectivity index (χ2v) is 8.47. The molecule has 0 fully saturated rings. The number of hydrogen-bond donors (Lipinski definition) is 1. The van der Waals surface area contributed by atoms with Crippen LogP contribution in [-0.4, -0.2) is 34.5 Å². The number of carboxylic acid groups (broad SMARTS) is 1. The SMILES string of the molecule is Cc1c(N(C(=O)OC(C)(C)C)C(=O)OC(C)(C)C)ccc(C(=O)O)c1Br. The Labute approximate surface area is 161 Å². The Morgan fingerprint density at radius 1 is 0.962 bits per heavy atom. The van der Waals surface area contributed by atoms with Crippen molar-refractivity contribution in [2.24, 2.45) is 0 Å². The lowest BCUT2D eigenvalue weighted by Crippen LogP contribution is -2.44. The van der Waals surface area contributed by atoms with Gasteiger partial charge >= 0.3 is 18.2 Å². The summed E-state index contributed by atoms with van der Waals surface area (Å²) in [5.74, 6) is -1.13. The highest BCUT2D eigenvalue weighted by atomic mass is 79.9. The summed E-state index contributed by atoms with van der Waals surface area (Å²) >= 11 is 3.21. The van der Waals surface area contributed by atoms with E-state index in [-0.39, 0.29) is 15.7 Å². The number of aromatic carboxylic acids is 1. The fraction of sp³-hybridized carbons (Fsp3) is 0.500. The lowest BCUT2D eigenvalue weighted by Gasteiger charge is -2.29. The molecule has 0 aliphatic carbocycles. The van der Waals surface area contributed by atoms with Crippen molar-refractivity contribution in [2.75, 3.05) is 4.90 Å². The summed E-state index contributed by atoms with van der Waals surface area (Å²) < 4.78 is 10.9. The first-order valence-corrected chi connectivity index (χ1v) is 8.72. The number of amides is 2. The van der Waals surface area contributed by atoms with Gasteiger partial charge in [0.25, 0.3) is 0 Å². The van der Waals surface area contributed by atoms with Crippen LogP contribution in [0.4, 0.5) is 15.3 Å². The quantitative estimate of drug-likeness (QED) is 0.699. The monoisotopic (exact) mass is 429 g/mol. The van der Waals surface area contributed by atoms with Gasteiger partial charge in [0, 0.05) is 4.47 Å². The summed E-state index contributed by atoms with van der Waals surface area (Å²) in [5.41, 5.74) is -1.08. The molecular formula is C18H24BrNO6. The minimum absolute atomic E-state index is 0.0135. The van der Waals surface area contributed by atoms with Crippen LogP contribution < -0.4 is 4.90 Å².